The predicted octanol–water partition coefficient (Wildman–Crippen LogP) is 5.20. The monoisotopic (exact) mass is 389 g/mol. The van der Waals surface area contributed by atoms with Crippen LogP contribution in [0.3, 0.4) is 0 Å². The topological polar surface area (TPSA) is 49.8 Å². The highest BCUT2D eigenvalue weighted by atomic mass is 16.5. The van der Waals surface area contributed by atoms with Crippen molar-refractivity contribution in [3.63, 3.8) is 0 Å². The van der Waals surface area contributed by atoms with Crippen LogP contribution < -0.4 is 9.64 Å². The Morgan fingerprint density at radius 2 is 1.83 bits per heavy atom. The Labute approximate surface area is 172 Å². The van der Waals surface area contributed by atoms with Gasteiger partial charge in [-0.2, -0.15) is 0 Å². The van der Waals surface area contributed by atoms with Crippen molar-refractivity contribution in [2.24, 2.45) is 0 Å². The second-order valence-corrected chi connectivity index (χ2v) is 6.45. The summed E-state index contributed by atoms with van der Waals surface area (Å²) in [6.45, 7) is 12.6. The van der Waals surface area contributed by atoms with Crippen LogP contribution in [0, 0.1) is 0 Å². The van der Waals surface area contributed by atoms with E-state index in [1.54, 1.807) is 30.4 Å². The molecule has 1 N–H and O–H groups in total. The number of phenols is 1. The molecule has 4 heteroatoms. The van der Waals surface area contributed by atoms with Gasteiger partial charge in [0.15, 0.2) is 5.78 Å². The molecule has 0 radical (unpaired) electrons. The van der Waals surface area contributed by atoms with Crippen molar-refractivity contribution >= 4 is 17.5 Å². The summed E-state index contributed by atoms with van der Waals surface area (Å²) in [5.41, 5.74) is 2.95. The molecule has 0 aliphatic rings. The number of methoxy groups -OCH3 is 1. The molecule has 2 aromatic rings. The van der Waals surface area contributed by atoms with Crippen molar-refractivity contribution in [2.45, 2.75) is 6.42 Å². The minimum absolute atomic E-state index is 0.121. The molecule has 4 nitrogen and oxygen atoms in total. The molecule has 2 aromatic carbocycles. The standard InChI is InChI=1S/C25H27NO3/c1-5-9-19-16-21(25(29-4)18-24(19)28)12-13-23(27)20-10-8-11-22(17-20)26(14-6-2)15-7-3/h5-8,10-13,16-18,28H,1-3,9,14-15H2,4H3/b13-12+. The molecule has 0 atom stereocenters. The number of carbonyl (C=O) groups excluding carboxylic acids is 1. The molecular weight excluding hydrogens is 362 g/mol. The quantitative estimate of drug-likeness (QED) is 0.326. The second kappa shape index (κ2) is 10.7. The molecular formula is C25H27NO3. The summed E-state index contributed by atoms with van der Waals surface area (Å²) in [4.78, 5) is 14.8. The molecule has 0 spiro atoms. The van der Waals surface area contributed by atoms with Gasteiger partial charge in [-0.3, -0.25) is 4.79 Å². The molecule has 0 aliphatic heterocycles. The van der Waals surface area contributed by atoms with Crippen LogP contribution in [0.2, 0.25) is 0 Å². The van der Waals surface area contributed by atoms with Gasteiger partial charge in [0.2, 0.25) is 0 Å². The smallest absolute Gasteiger partial charge is 0.185 e. The van der Waals surface area contributed by atoms with Gasteiger partial charge in [-0.1, -0.05) is 30.4 Å². The van der Waals surface area contributed by atoms with Crippen molar-refractivity contribution in [3.05, 3.63) is 97.1 Å². The normalized spacial score (nSPS) is 10.5. The average Bonchev–Trinajstić information content (AvgIpc) is 2.73. The molecule has 0 bridgehead atoms. The first-order chi connectivity index (χ1) is 14.0. The fraction of sp³-hybridized carbons (Fsp3) is 0.160. The minimum atomic E-state index is -0.121. The van der Waals surface area contributed by atoms with Gasteiger partial charge < -0.3 is 14.7 Å². The fourth-order valence-electron chi connectivity index (χ4n) is 2.97. The zero-order chi connectivity index (χ0) is 21.2. The third kappa shape index (κ3) is 5.72. The highest BCUT2D eigenvalue weighted by Crippen LogP contribution is 2.30. The van der Waals surface area contributed by atoms with E-state index in [9.17, 15) is 9.90 Å². The number of hydrogen-bond acceptors (Lipinski definition) is 4. The van der Waals surface area contributed by atoms with Gasteiger partial charge in [-0.25, -0.2) is 0 Å². The van der Waals surface area contributed by atoms with Crippen molar-refractivity contribution in [1.82, 2.24) is 0 Å². The van der Waals surface area contributed by atoms with E-state index in [4.69, 9.17) is 4.74 Å². The number of nitrogens with zero attached hydrogens (tertiary/aromatic N) is 1. The number of phenolic OH excluding ortho intramolecular Hbond substituents is 1. The molecule has 0 amide bonds. The molecule has 150 valence electrons. The summed E-state index contributed by atoms with van der Waals surface area (Å²) in [7, 11) is 1.53. The Morgan fingerprint density at radius 3 is 2.45 bits per heavy atom. The molecule has 29 heavy (non-hydrogen) atoms. The summed E-state index contributed by atoms with van der Waals surface area (Å²) in [5, 5.41) is 10.1. The summed E-state index contributed by atoms with van der Waals surface area (Å²) >= 11 is 0. The van der Waals surface area contributed by atoms with Gasteiger partial charge in [-0.15, -0.1) is 19.7 Å². The lowest BCUT2D eigenvalue weighted by Crippen LogP contribution is -2.23. The number of aromatic hydroxyl groups is 1. The number of allylic oxidation sites excluding steroid dienone is 2. The van der Waals surface area contributed by atoms with Crippen LogP contribution in [-0.4, -0.2) is 31.1 Å². The van der Waals surface area contributed by atoms with Gasteiger partial charge >= 0.3 is 0 Å². The van der Waals surface area contributed by atoms with Crippen LogP contribution in [0.4, 0.5) is 5.69 Å². The maximum atomic E-state index is 12.7. The number of ether oxygens (including phenoxy) is 1. The van der Waals surface area contributed by atoms with Crippen molar-refractivity contribution in [3.8, 4) is 11.5 Å². The number of benzene rings is 2. The Kier molecular flexibility index (Phi) is 8.04. The van der Waals surface area contributed by atoms with Crippen molar-refractivity contribution in [2.75, 3.05) is 25.1 Å². The molecule has 0 fully saturated rings. The van der Waals surface area contributed by atoms with E-state index in [-0.39, 0.29) is 11.5 Å². The third-order valence-electron chi connectivity index (χ3n) is 4.40. The van der Waals surface area contributed by atoms with Gasteiger partial charge in [-0.05, 0) is 42.3 Å². The van der Waals surface area contributed by atoms with Crippen LogP contribution in [0.1, 0.15) is 21.5 Å². The van der Waals surface area contributed by atoms with Gasteiger partial charge in [0, 0.05) is 36.0 Å². The molecule has 2 rings (SSSR count). The van der Waals surface area contributed by atoms with E-state index in [1.165, 1.54) is 13.2 Å². The number of anilines is 1. The van der Waals surface area contributed by atoms with Gasteiger partial charge in [0.05, 0.1) is 7.11 Å². The summed E-state index contributed by atoms with van der Waals surface area (Å²) in [6.07, 6.45) is 9.08. The van der Waals surface area contributed by atoms with Gasteiger partial charge in [0.25, 0.3) is 0 Å². The van der Waals surface area contributed by atoms with Crippen LogP contribution in [0.5, 0.6) is 11.5 Å². The molecule has 0 heterocycles. The minimum Gasteiger partial charge on any atom is -0.508 e. The second-order valence-electron chi connectivity index (χ2n) is 6.45. The Bertz CT molecular complexity index is 918. The Hall–Kier alpha value is -3.53. The number of rotatable bonds is 11. The van der Waals surface area contributed by atoms with E-state index < -0.39 is 0 Å². The first-order valence-corrected chi connectivity index (χ1v) is 9.34. The molecule has 0 aliphatic carbocycles. The Balaban J connectivity index is 2.30. The summed E-state index contributed by atoms with van der Waals surface area (Å²) in [5.74, 6) is 0.517. The summed E-state index contributed by atoms with van der Waals surface area (Å²) < 4.78 is 5.33. The first kappa shape index (κ1) is 21.8. The Morgan fingerprint density at radius 1 is 1.10 bits per heavy atom. The lowest BCUT2D eigenvalue weighted by Gasteiger charge is -2.21. The van der Waals surface area contributed by atoms with E-state index >= 15 is 0 Å². The van der Waals surface area contributed by atoms with Crippen LogP contribution >= 0.6 is 0 Å². The molecule has 0 saturated heterocycles. The van der Waals surface area contributed by atoms with Crippen LogP contribution in [-0.2, 0) is 6.42 Å². The van der Waals surface area contributed by atoms with E-state index in [0.717, 1.165) is 11.3 Å². The molecule has 0 unspecified atom stereocenters. The lowest BCUT2D eigenvalue weighted by molar-refractivity contribution is 0.104. The predicted molar refractivity (Wildman–Crippen MR) is 121 cm³/mol. The van der Waals surface area contributed by atoms with Gasteiger partial charge in [0.1, 0.15) is 11.5 Å². The van der Waals surface area contributed by atoms with E-state index in [0.29, 0.717) is 36.4 Å². The molecule has 0 saturated carbocycles. The number of carbonyl (C=O) groups is 1. The molecule has 0 aromatic heterocycles. The SMILES string of the molecule is C=CCc1cc(/C=C/C(=O)c2cccc(N(CC=C)CC=C)c2)c(OC)cc1O. The highest BCUT2D eigenvalue weighted by molar-refractivity contribution is 6.07. The van der Waals surface area contributed by atoms with Crippen molar-refractivity contribution in [1.29, 1.82) is 0 Å². The largest absolute Gasteiger partial charge is 0.508 e. The zero-order valence-corrected chi connectivity index (χ0v) is 16.8. The average molecular weight is 389 g/mol. The first-order valence-electron chi connectivity index (χ1n) is 9.34. The summed E-state index contributed by atoms with van der Waals surface area (Å²) in [6, 6.07) is 10.8. The third-order valence-corrected chi connectivity index (χ3v) is 4.40. The number of hydrogen-bond donors (Lipinski definition) is 1. The highest BCUT2D eigenvalue weighted by Gasteiger charge is 2.10. The fourth-order valence-corrected chi connectivity index (χ4v) is 2.97. The maximum Gasteiger partial charge on any atom is 0.185 e. The maximum absolute atomic E-state index is 12.7. The van der Waals surface area contributed by atoms with Crippen LogP contribution in [0.25, 0.3) is 6.08 Å². The van der Waals surface area contributed by atoms with Crippen molar-refractivity contribution < 1.29 is 14.6 Å². The van der Waals surface area contributed by atoms with Crippen LogP contribution in [0.15, 0.2) is 80.4 Å². The number of ketones is 1. The van der Waals surface area contributed by atoms with E-state index in [1.807, 2.05) is 30.4 Å². The van der Waals surface area contributed by atoms with E-state index in [2.05, 4.69) is 24.6 Å². The lowest BCUT2D eigenvalue weighted by atomic mass is 10.0. The zero-order valence-electron chi connectivity index (χ0n) is 16.8.